The minimum Gasteiger partial charge on any atom is -0.314 e. The summed E-state index contributed by atoms with van der Waals surface area (Å²) in [6.45, 7) is 3.02. The third kappa shape index (κ3) is 4.89. The molecule has 1 N–H and O–H groups in total. The normalized spacial score (nSPS) is 12.4. The van der Waals surface area contributed by atoms with Gasteiger partial charge in [0.1, 0.15) is 0 Å². The first-order valence-corrected chi connectivity index (χ1v) is 8.14. The first-order chi connectivity index (χ1) is 10.1. The van der Waals surface area contributed by atoms with Crippen molar-refractivity contribution in [2.24, 2.45) is 0 Å². The summed E-state index contributed by atoms with van der Waals surface area (Å²) >= 11 is 18.3. The van der Waals surface area contributed by atoms with Crippen molar-refractivity contribution in [2.75, 3.05) is 6.54 Å². The van der Waals surface area contributed by atoms with Crippen LogP contribution in [0.25, 0.3) is 0 Å². The molecule has 0 saturated carbocycles. The molecule has 1 unspecified atom stereocenters. The highest BCUT2D eigenvalue weighted by Gasteiger charge is 2.12. The Hall–Kier alpha value is -0.730. The Morgan fingerprint density at radius 3 is 2.33 bits per heavy atom. The molecule has 0 aliphatic rings. The molecule has 112 valence electrons. The molecule has 0 radical (unpaired) electrons. The van der Waals surface area contributed by atoms with E-state index in [1.54, 1.807) is 0 Å². The summed E-state index contributed by atoms with van der Waals surface area (Å²) in [5, 5.41) is 5.51. The minimum atomic E-state index is 0.312. The highest BCUT2D eigenvalue weighted by Crippen LogP contribution is 2.24. The van der Waals surface area contributed by atoms with Crippen molar-refractivity contribution < 1.29 is 0 Å². The molecule has 0 aromatic heterocycles. The van der Waals surface area contributed by atoms with E-state index in [4.69, 9.17) is 34.8 Å². The second-order valence-corrected chi connectivity index (χ2v) is 6.22. The number of nitrogens with one attached hydrogen (secondary N) is 1. The third-order valence-corrected chi connectivity index (χ3v) is 4.49. The van der Waals surface area contributed by atoms with Crippen LogP contribution in [-0.2, 0) is 12.8 Å². The fourth-order valence-electron chi connectivity index (χ4n) is 2.39. The maximum Gasteiger partial charge on any atom is 0.0595 e. The lowest BCUT2D eigenvalue weighted by Gasteiger charge is -2.19. The molecule has 2 rings (SSSR count). The van der Waals surface area contributed by atoms with Crippen LogP contribution in [0.4, 0.5) is 0 Å². The molecule has 4 heteroatoms. The molecule has 0 heterocycles. The maximum atomic E-state index is 6.25. The summed E-state index contributed by atoms with van der Waals surface area (Å²) in [5.41, 5.74) is 2.33. The van der Waals surface area contributed by atoms with E-state index in [1.807, 2.05) is 36.4 Å². The average Bonchev–Trinajstić information content (AvgIpc) is 2.46. The fraction of sp³-hybridized carbons (Fsp3) is 0.294. The van der Waals surface area contributed by atoms with E-state index in [2.05, 4.69) is 18.3 Å². The van der Waals surface area contributed by atoms with Gasteiger partial charge < -0.3 is 5.32 Å². The van der Waals surface area contributed by atoms with Gasteiger partial charge in [0.05, 0.1) is 10.0 Å². The van der Waals surface area contributed by atoms with Gasteiger partial charge in [0.2, 0.25) is 0 Å². The van der Waals surface area contributed by atoms with Gasteiger partial charge in [-0.2, -0.15) is 0 Å². The van der Waals surface area contributed by atoms with Gasteiger partial charge in [-0.25, -0.2) is 0 Å². The van der Waals surface area contributed by atoms with Gasteiger partial charge in [0, 0.05) is 11.1 Å². The molecule has 1 nitrogen and oxygen atoms in total. The Labute approximate surface area is 141 Å². The van der Waals surface area contributed by atoms with Gasteiger partial charge in [-0.1, -0.05) is 66.0 Å². The van der Waals surface area contributed by atoms with Gasteiger partial charge in [-0.05, 0) is 48.7 Å². The largest absolute Gasteiger partial charge is 0.314 e. The second kappa shape index (κ2) is 8.05. The first kappa shape index (κ1) is 16.6. The molecule has 2 aromatic carbocycles. The molecule has 1 atom stereocenters. The SMILES string of the molecule is CCNC(Cc1ccc(Cl)c(Cl)c1)Cc1ccccc1Cl. The summed E-state index contributed by atoms with van der Waals surface area (Å²) in [4.78, 5) is 0. The van der Waals surface area contributed by atoms with E-state index < -0.39 is 0 Å². The van der Waals surface area contributed by atoms with Gasteiger partial charge >= 0.3 is 0 Å². The first-order valence-electron chi connectivity index (χ1n) is 7.01. The van der Waals surface area contributed by atoms with E-state index >= 15 is 0 Å². The van der Waals surface area contributed by atoms with Crippen molar-refractivity contribution in [2.45, 2.75) is 25.8 Å². The molecule has 0 amide bonds. The second-order valence-electron chi connectivity index (χ2n) is 5.00. The number of hydrogen-bond acceptors (Lipinski definition) is 1. The minimum absolute atomic E-state index is 0.312. The number of halogens is 3. The Morgan fingerprint density at radius 2 is 1.67 bits per heavy atom. The Morgan fingerprint density at radius 1 is 0.905 bits per heavy atom. The highest BCUT2D eigenvalue weighted by atomic mass is 35.5. The lowest BCUT2D eigenvalue weighted by Crippen LogP contribution is -2.33. The van der Waals surface area contributed by atoms with Crippen molar-refractivity contribution in [1.29, 1.82) is 0 Å². The predicted octanol–water partition coefficient (Wildman–Crippen LogP) is 5.41. The molecule has 0 aliphatic heterocycles. The van der Waals surface area contributed by atoms with Crippen LogP contribution < -0.4 is 5.32 Å². The van der Waals surface area contributed by atoms with E-state index in [0.29, 0.717) is 16.1 Å². The van der Waals surface area contributed by atoms with Crippen molar-refractivity contribution in [3.05, 3.63) is 68.7 Å². The molecule has 0 fully saturated rings. The molecule has 2 aromatic rings. The molecule has 0 spiro atoms. The van der Waals surface area contributed by atoms with Crippen LogP contribution in [0.1, 0.15) is 18.1 Å². The molecular formula is C17H18Cl3N. The molecule has 21 heavy (non-hydrogen) atoms. The van der Waals surface area contributed by atoms with E-state index in [9.17, 15) is 0 Å². The molecule has 0 saturated heterocycles. The topological polar surface area (TPSA) is 12.0 Å². The van der Waals surface area contributed by atoms with Crippen LogP contribution in [0.15, 0.2) is 42.5 Å². The smallest absolute Gasteiger partial charge is 0.0595 e. The van der Waals surface area contributed by atoms with Gasteiger partial charge in [0.25, 0.3) is 0 Å². The number of hydrogen-bond donors (Lipinski definition) is 1. The Bertz CT molecular complexity index is 598. The Balaban J connectivity index is 2.11. The van der Waals surface area contributed by atoms with Crippen molar-refractivity contribution in [3.8, 4) is 0 Å². The van der Waals surface area contributed by atoms with Crippen molar-refractivity contribution >= 4 is 34.8 Å². The zero-order valence-corrected chi connectivity index (χ0v) is 14.1. The highest BCUT2D eigenvalue weighted by molar-refractivity contribution is 6.42. The lowest BCUT2D eigenvalue weighted by atomic mass is 9.99. The van der Waals surface area contributed by atoms with E-state index in [1.165, 1.54) is 5.56 Å². The summed E-state index contributed by atoms with van der Waals surface area (Å²) in [6, 6.07) is 14.1. The van der Waals surface area contributed by atoms with Gasteiger partial charge in [-0.15, -0.1) is 0 Å². The maximum absolute atomic E-state index is 6.25. The Kier molecular flexibility index (Phi) is 6.38. The van der Waals surface area contributed by atoms with Gasteiger partial charge in [-0.3, -0.25) is 0 Å². The monoisotopic (exact) mass is 341 g/mol. The van der Waals surface area contributed by atoms with Crippen molar-refractivity contribution in [3.63, 3.8) is 0 Å². The summed E-state index contributed by atoms with van der Waals surface area (Å²) in [5.74, 6) is 0. The van der Waals surface area contributed by atoms with Crippen LogP contribution in [0, 0.1) is 0 Å². The third-order valence-electron chi connectivity index (χ3n) is 3.38. The summed E-state index contributed by atoms with van der Waals surface area (Å²) in [7, 11) is 0. The zero-order valence-electron chi connectivity index (χ0n) is 11.9. The van der Waals surface area contributed by atoms with E-state index in [-0.39, 0.29) is 0 Å². The number of likely N-dealkylation sites (N-methyl/N-ethyl adjacent to an activating group) is 1. The summed E-state index contributed by atoms with van der Waals surface area (Å²) < 4.78 is 0. The van der Waals surface area contributed by atoms with Crippen LogP contribution in [0.2, 0.25) is 15.1 Å². The summed E-state index contributed by atoms with van der Waals surface area (Å²) in [6.07, 6.45) is 1.77. The number of benzene rings is 2. The molecule has 0 bridgehead atoms. The quantitative estimate of drug-likeness (QED) is 0.740. The van der Waals surface area contributed by atoms with Crippen LogP contribution in [0.5, 0.6) is 0 Å². The number of rotatable bonds is 6. The van der Waals surface area contributed by atoms with E-state index in [0.717, 1.165) is 30.0 Å². The van der Waals surface area contributed by atoms with Crippen LogP contribution in [-0.4, -0.2) is 12.6 Å². The van der Waals surface area contributed by atoms with Crippen LogP contribution in [0.3, 0.4) is 0 Å². The molecule has 0 aliphatic carbocycles. The predicted molar refractivity (Wildman–Crippen MR) is 92.8 cm³/mol. The zero-order chi connectivity index (χ0) is 15.2. The van der Waals surface area contributed by atoms with Crippen molar-refractivity contribution in [1.82, 2.24) is 5.32 Å². The lowest BCUT2D eigenvalue weighted by molar-refractivity contribution is 0.521. The van der Waals surface area contributed by atoms with Gasteiger partial charge in [0.15, 0.2) is 0 Å². The average molecular weight is 343 g/mol. The van der Waals surface area contributed by atoms with Crippen LogP contribution >= 0.6 is 34.8 Å². The molecular weight excluding hydrogens is 325 g/mol. The standard InChI is InChI=1S/C17H18Cl3N/c1-2-21-14(11-13-5-3-4-6-15(13)18)9-12-7-8-16(19)17(20)10-12/h3-8,10,14,21H,2,9,11H2,1H3. The fourth-order valence-corrected chi connectivity index (χ4v) is 2.92.